The molecule has 0 unspecified atom stereocenters. The maximum atomic E-state index is 11.1. The van der Waals surface area contributed by atoms with E-state index < -0.39 is 13.0 Å². The summed E-state index contributed by atoms with van der Waals surface area (Å²) in [6.07, 6.45) is 4.01. The van der Waals surface area contributed by atoms with E-state index in [1.807, 2.05) is 47.2 Å². The van der Waals surface area contributed by atoms with Crippen LogP contribution in [0.15, 0.2) is 60.7 Å². The summed E-state index contributed by atoms with van der Waals surface area (Å²) >= 11 is 0. The van der Waals surface area contributed by atoms with Crippen LogP contribution >= 0.6 is 0 Å². The molecule has 5 rings (SSSR count). The molecule has 1 aliphatic heterocycles. The average molecular weight is 545 g/mol. The minimum Gasteiger partial charge on any atom is -0.454 e. The Bertz CT molecular complexity index is 1530. The van der Waals surface area contributed by atoms with Gasteiger partial charge in [-0.1, -0.05) is 50.0 Å². The van der Waals surface area contributed by atoms with Crippen molar-refractivity contribution in [3.63, 3.8) is 0 Å². The summed E-state index contributed by atoms with van der Waals surface area (Å²) in [5.41, 5.74) is 4.58. The van der Waals surface area contributed by atoms with Crippen LogP contribution in [0.5, 0.6) is 11.5 Å². The Labute approximate surface area is 228 Å². The van der Waals surface area contributed by atoms with Crippen LogP contribution in [-0.2, 0) is 18.0 Å². The number of nitrogens with one attached hydrogen (secondary N) is 1. The number of aromatic nitrogens is 2. The number of ether oxygens (including phenoxy) is 3. The molecule has 1 aliphatic rings. The second kappa shape index (κ2) is 11.3. The van der Waals surface area contributed by atoms with Crippen molar-refractivity contribution < 1.29 is 19.1 Å². The lowest BCUT2D eigenvalue weighted by atomic mass is 10.1. The molecule has 1 aromatic heterocycles. The van der Waals surface area contributed by atoms with Crippen LogP contribution in [0.1, 0.15) is 16.8 Å². The second-order valence-electron chi connectivity index (χ2n) is 10.7. The molecule has 39 heavy (non-hydrogen) atoms. The van der Waals surface area contributed by atoms with Crippen molar-refractivity contribution in [1.82, 2.24) is 9.78 Å². The van der Waals surface area contributed by atoms with Crippen LogP contribution in [0.2, 0.25) is 25.7 Å². The molecule has 0 amide bonds. The van der Waals surface area contributed by atoms with Gasteiger partial charge in [-0.2, -0.15) is 5.10 Å². The highest BCUT2D eigenvalue weighted by molar-refractivity contribution is 6.76. The highest BCUT2D eigenvalue weighted by Gasteiger charge is 2.15. The molecule has 1 N–H and O–H groups in total. The highest BCUT2D eigenvalue weighted by atomic mass is 28.3. The number of rotatable bonds is 11. The first-order valence-electron chi connectivity index (χ1n) is 12.9. The molecule has 0 radical (unpaired) electrons. The number of fused-ring (bicyclic) bond motifs is 2. The molecule has 0 bridgehead atoms. The van der Waals surface area contributed by atoms with Crippen molar-refractivity contribution in [2.45, 2.75) is 39.0 Å². The third-order valence-electron chi connectivity index (χ3n) is 6.44. The number of anilines is 1. The first kappa shape index (κ1) is 26.5. The van der Waals surface area contributed by atoms with Gasteiger partial charge in [0.15, 0.2) is 11.5 Å². The first-order valence-corrected chi connectivity index (χ1v) is 16.6. The predicted octanol–water partition coefficient (Wildman–Crippen LogP) is 6.77. The molecule has 0 atom stereocenters. The van der Waals surface area contributed by atoms with Crippen LogP contribution < -0.4 is 14.8 Å². The quantitative estimate of drug-likeness (QED) is 0.0962. The normalized spacial score (nSPS) is 12.9. The van der Waals surface area contributed by atoms with E-state index in [0.29, 0.717) is 25.6 Å². The van der Waals surface area contributed by atoms with Gasteiger partial charge in [0.25, 0.3) is 5.69 Å². The van der Waals surface area contributed by atoms with Gasteiger partial charge in [0.05, 0.1) is 16.1 Å². The first-order chi connectivity index (χ1) is 18.7. The van der Waals surface area contributed by atoms with Gasteiger partial charge >= 0.3 is 0 Å². The molecule has 10 heteroatoms. The molecule has 2 heterocycles. The van der Waals surface area contributed by atoms with Crippen LogP contribution in [0.4, 0.5) is 11.4 Å². The molecule has 202 valence electrons. The molecule has 0 saturated heterocycles. The van der Waals surface area contributed by atoms with Gasteiger partial charge in [0.1, 0.15) is 6.73 Å². The van der Waals surface area contributed by atoms with Gasteiger partial charge in [-0.15, -0.1) is 0 Å². The lowest BCUT2D eigenvalue weighted by Gasteiger charge is -2.15. The Morgan fingerprint density at radius 1 is 1.08 bits per heavy atom. The minimum atomic E-state index is -1.20. The monoisotopic (exact) mass is 544 g/mol. The molecular formula is C29H32N4O5Si. The molecule has 0 aliphatic carbocycles. The molecule has 4 aromatic rings. The van der Waals surface area contributed by atoms with Gasteiger partial charge in [0.2, 0.25) is 6.79 Å². The fourth-order valence-electron chi connectivity index (χ4n) is 4.23. The average Bonchev–Trinajstić information content (AvgIpc) is 3.52. The van der Waals surface area contributed by atoms with Crippen LogP contribution in [0, 0.1) is 10.1 Å². The van der Waals surface area contributed by atoms with E-state index in [9.17, 15) is 10.1 Å². The number of nitro benzene ring substituents is 1. The maximum Gasteiger partial charge on any atom is 0.271 e. The second-order valence-corrected chi connectivity index (χ2v) is 16.3. The summed E-state index contributed by atoms with van der Waals surface area (Å²) in [6.45, 7) is 8.82. The van der Waals surface area contributed by atoms with Crippen molar-refractivity contribution in [2.24, 2.45) is 0 Å². The van der Waals surface area contributed by atoms with Gasteiger partial charge in [-0.3, -0.25) is 10.1 Å². The zero-order chi connectivity index (χ0) is 27.4. The van der Waals surface area contributed by atoms with Crippen LogP contribution in [-0.4, -0.2) is 36.2 Å². The maximum absolute atomic E-state index is 11.1. The van der Waals surface area contributed by atoms with E-state index in [-0.39, 0.29) is 12.5 Å². The van der Waals surface area contributed by atoms with Crippen molar-refractivity contribution in [3.05, 3.63) is 87.6 Å². The zero-order valence-electron chi connectivity index (χ0n) is 22.3. The van der Waals surface area contributed by atoms with Crippen LogP contribution in [0.3, 0.4) is 0 Å². The van der Waals surface area contributed by atoms with E-state index >= 15 is 0 Å². The molecule has 9 nitrogen and oxygen atoms in total. The lowest BCUT2D eigenvalue weighted by Crippen LogP contribution is -2.22. The van der Waals surface area contributed by atoms with E-state index in [2.05, 4.69) is 37.1 Å². The summed E-state index contributed by atoms with van der Waals surface area (Å²) < 4.78 is 18.8. The smallest absolute Gasteiger partial charge is 0.271 e. The topological polar surface area (TPSA) is 101 Å². The SMILES string of the molecule is C[Si](C)(C)CCOCn1nc(/C=C/c2ccc3c(c2)OCO3)c2ccc(CNc3cccc([N+](=O)[O-])c3)cc21. The van der Waals surface area contributed by atoms with E-state index in [0.717, 1.165) is 45.3 Å². The molecule has 0 saturated carbocycles. The Hall–Kier alpha value is -4.15. The molecular weight excluding hydrogens is 512 g/mol. The summed E-state index contributed by atoms with van der Waals surface area (Å²) in [6, 6.07) is 19.6. The third kappa shape index (κ3) is 6.65. The standard InChI is InChI=1S/C29H32N4O5Si/c1-39(2,3)14-13-36-19-32-27-15-22(18-30-23-5-4-6-24(17-23)33(34)35)7-10-25(27)26(31-32)11-8-21-9-12-28-29(16-21)38-20-37-28/h4-12,15-17,30H,13-14,18-20H2,1-3H3/b11-8+. The summed E-state index contributed by atoms with van der Waals surface area (Å²) in [4.78, 5) is 10.7. The van der Waals surface area contributed by atoms with E-state index in [1.165, 1.54) is 12.1 Å². The number of hydrogen-bond acceptors (Lipinski definition) is 7. The number of non-ortho nitro benzene ring substituents is 1. The highest BCUT2D eigenvalue weighted by Crippen LogP contribution is 2.33. The minimum absolute atomic E-state index is 0.0582. The zero-order valence-corrected chi connectivity index (χ0v) is 23.3. The predicted molar refractivity (Wildman–Crippen MR) is 156 cm³/mol. The van der Waals surface area contributed by atoms with Crippen LogP contribution in [0.25, 0.3) is 23.1 Å². The number of benzene rings is 3. The summed E-state index contributed by atoms with van der Waals surface area (Å²) in [5, 5.41) is 20.3. The summed E-state index contributed by atoms with van der Waals surface area (Å²) in [7, 11) is -1.20. The van der Waals surface area contributed by atoms with Crippen molar-refractivity contribution >= 4 is 42.5 Å². The summed E-state index contributed by atoms with van der Waals surface area (Å²) in [5.74, 6) is 1.49. The van der Waals surface area contributed by atoms with Gasteiger partial charge in [0, 0.05) is 44.4 Å². The Kier molecular flexibility index (Phi) is 7.67. The molecule has 0 spiro atoms. The Balaban J connectivity index is 1.38. The number of nitro groups is 1. The fourth-order valence-corrected chi connectivity index (χ4v) is 4.99. The Morgan fingerprint density at radius 3 is 2.74 bits per heavy atom. The van der Waals surface area contributed by atoms with Gasteiger partial charge in [-0.25, -0.2) is 4.68 Å². The van der Waals surface area contributed by atoms with E-state index in [1.54, 1.807) is 6.07 Å². The Morgan fingerprint density at radius 2 is 1.92 bits per heavy atom. The lowest BCUT2D eigenvalue weighted by molar-refractivity contribution is -0.384. The van der Waals surface area contributed by atoms with Gasteiger partial charge in [-0.05, 0) is 47.5 Å². The third-order valence-corrected chi connectivity index (χ3v) is 8.14. The van der Waals surface area contributed by atoms with Crippen molar-refractivity contribution in [1.29, 1.82) is 0 Å². The van der Waals surface area contributed by atoms with Crippen molar-refractivity contribution in [2.75, 3.05) is 18.7 Å². The fraction of sp³-hybridized carbons (Fsp3) is 0.276. The number of hydrogen-bond donors (Lipinski definition) is 1. The van der Waals surface area contributed by atoms with E-state index in [4.69, 9.17) is 19.3 Å². The number of nitrogens with zero attached hydrogens (tertiary/aromatic N) is 3. The van der Waals surface area contributed by atoms with Gasteiger partial charge < -0.3 is 19.5 Å². The molecule has 3 aromatic carbocycles. The largest absolute Gasteiger partial charge is 0.454 e. The molecule has 0 fully saturated rings. The van der Waals surface area contributed by atoms with Crippen molar-refractivity contribution in [3.8, 4) is 11.5 Å².